The molecule has 0 bridgehead atoms. The molecule has 5 rings (SSSR count). The van der Waals surface area contributed by atoms with Crippen LogP contribution in [0.1, 0.15) is 12.8 Å². The summed E-state index contributed by atoms with van der Waals surface area (Å²) in [4.78, 5) is 4.68. The van der Waals surface area contributed by atoms with E-state index in [1.807, 2.05) is 6.07 Å². The van der Waals surface area contributed by atoms with E-state index < -0.39 is 9.84 Å². The maximum atomic E-state index is 12.0. The molecule has 2 saturated heterocycles. The summed E-state index contributed by atoms with van der Waals surface area (Å²) >= 11 is 0. The molecule has 3 heterocycles. The highest BCUT2D eigenvalue weighted by atomic mass is 32.2. The van der Waals surface area contributed by atoms with Crippen molar-refractivity contribution in [1.29, 1.82) is 0 Å². The van der Waals surface area contributed by atoms with Crippen LogP contribution in [0.3, 0.4) is 0 Å². The van der Waals surface area contributed by atoms with Crippen LogP contribution in [0.2, 0.25) is 0 Å². The van der Waals surface area contributed by atoms with Crippen molar-refractivity contribution in [3.05, 3.63) is 48.5 Å². The standard InChI is InChI=1S/C25H32N4O2S/c1-27(21-8-10-26-11-9-21)24-18-22(29-12-14-32(30,31)15-13-29)16-20-17-23(28(2)25(20)24)19-6-4-3-5-7-19/h3-7,16-18,21,26H,8-15H2,1-2H3. The van der Waals surface area contributed by atoms with Gasteiger partial charge in [0.25, 0.3) is 0 Å². The van der Waals surface area contributed by atoms with E-state index in [0.29, 0.717) is 19.1 Å². The van der Waals surface area contributed by atoms with Gasteiger partial charge in [0.1, 0.15) is 0 Å². The summed E-state index contributed by atoms with van der Waals surface area (Å²) in [5.74, 6) is 0.461. The number of piperidine rings is 1. The Hall–Kier alpha value is -2.51. The van der Waals surface area contributed by atoms with Crippen molar-refractivity contribution in [1.82, 2.24) is 9.88 Å². The van der Waals surface area contributed by atoms with Crippen molar-refractivity contribution in [3.63, 3.8) is 0 Å². The van der Waals surface area contributed by atoms with Crippen LogP contribution in [0.25, 0.3) is 22.2 Å². The first-order valence-corrected chi connectivity index (χ1v) is 13.3. The minimum atomic E-state index is -2.91. The van der Waals surface area contributed by atoms with Gasteiger partial charge >= 0.3 is 0 Å². The molecular formula is C25H32N4O2S. The summed E-state index contributed by atoms with van der Waals surface area (Å²) in [5.41, 5.74) is 5.97. The number of nitrogens with zero attached hydrogens (tertiary/aromatic N) is 3. The number of rotatable bonds is 4. The second-order valence-electron chi connectivity index (χ2n) is 9.09. The highest BCUT2D eigenvalue weighted by molar-refractivity contribution is 7.91. The van der Waals surface area contributed by atoms with Gasteiger partial charge in [-0.3, -0.25) is 0 Å². The molecule has 0 radical (unpaired) electrons. The van der Waals surface area contributed by atoms with Crippen molar-refractivity contribution < 1.29 is 8.42 Å². The Morgan fingerprint density at radius 1 is 1.00 bits per heavy atom. The van der Waals surface area contributed by atoms with E-state index >= 15 is 0 Å². The van der Waals surface area contributed by atoms with Crippen LogP contribution in [0.5, 0.6) is 0 Å². The average Bonchev–Trinajstić information content (AvgIpc) is 3.15. The Morgan fingerprint density at radius 3 is 2.38 bits per heavy atom. The molecule has 3 aromatic rings. The van der Waals surface area contributed by atoms with Crippen molar-refractivity contribution in [2.75, 3.05) is 54.5 Å². The first-order valence-electron chi connectivity index (χ1n) is 11.5. The van der Waals surface area contributed by atoms with E-state index in [9.17, 15) is 8.42 Å². The maximum Gasteiger partial charge on any atom is 0.153 e. The molecule has 2 fully saturated rings. The molecule has 2 aromatic carbocycles. The number of nitrogens with one attached hydrogen (secondary N) is 1. The summed E-state index contributed by atoms with van der Waals surface area (Å²) in [5, 5.41) is 4.67. The van der Waals surface area contributed by atoms with Crippen LogP contribution >= 0.6 is 0 Å². The van der Waals surface area contributed by atoms with Crippen LogP contribution in [-0.4, -0.2) is 63.8 Å². The van der Waals surface area contributed by atoms with E-state index in [1.165, 1.54) is 27.8 Å². The molecule has 0 saturated carbocycles. The zero-order chi connectivity index (χ0) is 22.3. The summed E-state index contributed by atoms with van der Waals surface area (Å²) < 4.78 is 26.3. The molecule has 6 nitrogen and oxygen atoms in total. The highest BCUT2D eigenvalue weighted by Crippen LogP contribution is 2.38. The summed E-state index contributed by atoms with van der Waals surface area (Å²) in [7, 11) is 1.45. The summed E-state index contributed by atoms with van der Waals surface area (Å²) in [6.07, 6.45) is 2.25. The smallest absolute Gasteiger partial charge is 0.153 e. The van der Waals surface area contributed by atoms with Gasteiger partial charge in [0, 0.05) is 50.0 Å². The monoisotopic (exact) mass is 452 g/mol. The Kier molecular flexibility index (Phi) is 5.63. The van der Waals surface area contributed by atoms with E-state index in [0.717, 1.165) is 31.6 Å². The highest BCUT2D eigenvalue weighted by Gasteiger charge is 2.26. The van der Waals surface area contributed by atoms with Gasteiger partial charge in [-0.05, 0) is 49.7 Å². The minimum absolute atomic E-state index is 0.231. The fourth-order valence-electron chi connectivity index (χ4n) is 5.16. The number of aryl methyl sites for hydroxylation is 1. The van der Waals surface area contributed by atoms with E-state index in [1.54, 1.807) is 0 Å². The van der Waals surface area contributed by atoms with Gasteiger partial charge in [0.15, 0.2) is 9.84 Å². The number of hydrogen-bond donors (Lipinski definition) is 1. The molecule has 170 valence electrons. The van der Waals surface area contributed by atoms with Crippen LogP contribution in [0, 0.1) is 0 Å². The lowest BCUT2D eigenvalue weighted by molar-refractivity contribution is 0.444. The molecule has 2 aliphatic rings. The average molecular weight is 453 g/mol. The van der Waals surface area contributed by atoms with Gasteiger partial charge in [-0.15, -0.1) is 0 Å². The number of anilines is 2. The number of benzene rings is 2. The second kappa shape index (κ2) is 8.45. The number of sulfone groups is 1. The third-order valence-electron chi connectivity index (χ3n) is 7.11. The first kappa shape index (κ1) is 21.3. The number of fused-ring (bicyclic) bond motifs is 1. The van der Waals surface area contributed by atoms with Crippen molar-refractivity contribution in [2.24, 2.45) is 7.05 Å². The van der Waals surface area contributed by atoms with E-state index in [2.05, 4.69) is 76.2 Å². The summed E-state index contributed by atoms with van der Waals surface area (Å²) in [6, 6.07) is 17.8. The Balaban J connectivity index is 1.63. The van der Waals surface area contributed by atoms with Gasteiger partial charge in [-0.25, -0.2) is 8.42 Å². The lowest BCUT2D eigenvalue weighted by atomic mass is 10.0. The zero-order valence-electron chi connectivity index (χ0n) is 18.9. The van der Waals surface area contributed by atoms with Crippen LogP contribution in [0.15, 0.2) is 48.5 Å². The van der Waals surface area contributed by atoms with Crippen LogP contribution in [0.4, 0.5) is 11.4 Å². The fraction of sp³-hybridized carbons (Fsp3) is 0.440. The Morgan fingerprint density at radius 2 is 1.69 bits per heavy atom. The molecule has 0 amide bonds. The fourth-order valence-corrected chi connectivity index (χ4v) is 6.37. The van der Waals surface area contributed by atoms with Crippen LogP contribution in [-0.2, 0) is 16.9 Å². The second-order valence-corrected chi connectivity index (χ2v) is 11.4. The Labute approximate surface area is 190 Å². The molecule has 32 heavy (non-hydrogen) atoms. The lowest BCUT2D eigenvalue weighted by Gasteiger charge is -2.35. The molecule has 2 aliphatic heterocycles. The van der Waals surface area contributed by atoms with Gasteiger partial charge in [0.05, 0.1) is 22.7 Å². The predicted octanol–water partition coefficient (Wildman–Crippen LogP) is 3.27. The molecule has 0 spiro atoms. The van der Waals surface area contributed by atoms with Crippen molar-refractivity contribution in [2.45, 2.75) is 18.9 Å². The third-order valence-corrected chi connectivity index (χ3v) is 8.72. The third kappa shape index (κ3) is 3.99. The van der Waals surface area contributed by atoms with Gasteiger partial charge in [-0.2, -0.15) is 0 Å². The van der Waals surface area contributed by atoms with Gasteiger partial charge in [0.2, 0.25) is 0 Å². The molecule has 1 aromatic heterocycles. The van der Waals surface area contributed by atoms with Crippen molar-refractivity contribution in [3.8, 4) is 11.3 Å². The normalized spacial score (nSPS) is 19.4. The van der Waals surface area contributed by atoms with Crippen molar-refractivity contribution >= 4 is 32.1 Å². The summed E-state index contributed by atoms with van der Waals surface area (Å²) in [6.45, 7) is 3.21. The Bertz CT molecular complexity index is 1200. The van der Waals surface area contributed by atoms with Gasteiger partial charge in [-0.1, -0.05) is 30.3 Å². The van der Waals surface area contributed by atoms with Gasteiger partial charge < -0.3 is 19.7 Å². The number of aromatic nitrogens is 1. The largest absolute Gasteiger partial charge is 0.370 e. The van der Waals surface area contributed by atoms with E-state index in [-0.39, 0.29) is 11.5 Å². The molecule has 0 aliphatic carbocycles. The molecule has 1 N–H and O–H groups in total. The predicted molar refractivity (Wildman–Crippen MR) is 134 cm³/mol. The minimum Gasteiger partial charge on any atom is -0.370 e. The topological polar surface area (TPSA) is 57.6 Å². The lowest BCUT2D eigenvalue weighted by Crippen LogP contribution is -2.42. The van der Waals surface area contributed by atoms with Crippen LogP contribution < -0.4 is 15.1 Å². The maximum absolute atomic E-state index is 12.0. The zero-order valence-corrected chi connectivity index (χ0v) is 19.7. The molecular weight excluding hydrogens is 420 g/mol. The molecule has 0 atom stereocenters. The number of hydrogen-bond acceptors (Lipinski definition) is 5. The molecule has 0 unspecified atom stereocenters. The molecule has 7 heteroatoms. The first-order chi connectivity index (χ1) is 15.4. The van der Waals surface area contributed by atoms with E-state index in [4.69, 9.17) is 0 Å². The SMILES string of the molecule is CN(c1cc(N2CCS(=O)(=O)CC2)cc2cc(-c3ccccc3)n(C)c12)C1CCNCC1. The quantitative estimate of drug-likeness (QED) is 0.659.